The van der Waals surface area contributed by atoms with E-state index in [0.29, 0.717) is 25.2 Å². The third-order valence-electron chi connectivity index (χ3n) is 5.17. The summed E-state index contributed by atoms with van der Waals surface area (Å²) in [6.07, 6.45) is 3.76. The van der Waals surface area contributed by atoms with Crippen molar-refractivity contribution in [2.45, 2.75) is 38.6 Å². The van der Waals surface area contributed by atoms with Crippen LogP contribution in [0.1, 0.15) is 41.6 Å². The summed E-state index contributed by atoms with van der Waals surface area (Å²) in [6, 6.07) is 4.84. The number of aryl methyl sites for hydroxylation is 1. The number of nitrogens with zero attached hydrogens (tertiary/aromatic N) is 1. The second-order valence-corrected chi connectivity index (χ2v) is 7.09. The molecule has 2 atom stereocenters. The molecule has 0 unspecified atom stereocenters. The molecule has 2 N–H and O–H groups in total. The minimum absolute atomic E-state index is 0.0469. The molecule has 0 aliphatic carbocycles. The highest BCUT2D eigenvalue weighted by Gasteiger charge is 2.28. The van der Waals surface area contributed by atoms with Crippen molar-refractivity contribution in [1.29, 1.82) is 0 Å². The van der Waals surface area contributed by atoms with Gasteiger partial charge in [0.2, 0.25) is 5.91 Å². The van der Waals surface area contributed by atoms with Crippen LogP contribution in [0, 0.1) is 18.7 Å². The molecule has 6 heteroatoms. The fourth-order valence-corrected chi connectivity index (χ4v) is 3.68. The zero-order chi connectivity index (χ0) is 17.8. The molecule has 2 aliphatic rings. The third kappa shape index (κ3) is 4.18. The van der Waals surface area contributed by atoms with Crippen LogP contribution in [0.3, 0.4) is 0 Å². The Morgan fingerprint density at radius 1 is 1.32 bits per heavy atom. The van der Waals surface area contributed by atoms with Crippen molar-refractivity contribution in [2.24, 2.45) is 5.92 Å². The molecule has 2 amide bonds. The predicted octanol–water partition coefficient (Wildman–Crippen LogP) is 1.85. The summed E-state index contributed by atoms with van der Waals surface area (Å²) in [5.74, 6) is -0.425. The Balaban J connectivity index is 1.56. The molecule has 136 valence electrons. The predicted molar refractivity (Wildman–Crippen MR) is 93.8 cm³/mol. The number of hydrogen-bond donors (Lipinski definition) is 2. The number of halogens is 1. The van der Waals surface area contributed by atoms with Crippen molar-refractivity contribution < 1.29 is 14.0 Å². The highest BCUT2D eigenvalue weighted by molar-refractivity contribution is 5.94. The molecule has 3 rings (SSSR count). The highest BCUT2D eigenvalue weighted by Crippen LogP contribution is 2.20. The lowest BCUT2D eigenvalue weighted by Crippen LogP contribution is -2.46. The van der Waals surface area contributed by atoms with Gasteiger partial charge in [0, 0.05) is 19.6 Å². The summed E-state index contributed by atoms with van der Waals surface area (Å²) in [5.41, 5.74) is 0.621. The zero-order valence-corrected chi connectivity index (χ0v) is 14.7. The van der Waals surface area contributed by atoms with Crippen LogP contribution in [0.15, 0.2) is 18.2 Å². The summed E-state index contributed by atoms with van der Waals surface area (Å²) in [7, 11) is 0. The molecule has 1 aromatic rings. The Morgan fingerprint density at radius 2 is 2.16 bits per heavy atom. The van der Waals surface area contributed by atoms with E-state index in [-0.39, 0.29) is 29.3 Å². The van der Waals surface area contributed by atoms with Crippen molar-refractivity contribution >= 4 is 11.8 Å². The molecular weight excluding hydrogens is 321 g/mol. The number of likely N-dealkylation sites (tertiary alicyclic amines) is 1. The summed E-state index contributed by atoms with van der Waals surface area (Å²) in [6.45, 7) is 4.33. The average molecular weight is 347 g/mol. The van der Waals surface area contributed by atoms with Gasteiger partial charge >= 0.3 is 0 Å². The number of nitrogens with one attached hydrogen (secondary N) is 2. The van der Waals surface area contributed by atoms with Crippen molar-refractivity contribution in [3.05, 3.63) is 35.1 Å². The molecule has 0 aromatic heterocycles. The fraction of sp³-hybridized carbons (Fsp3) is 0.579. The van der Waals surface area contributed by atoms with Gasteiger partial charge in [0.25, 0.3) is 5.91 Å². The van der Waals surface area contributed by atoms with Gasteiger partial charge in [-0.3, -0.25) is 9.59 Å². The van der Waals surface area contributed by atoms with Gasteiger partial charge in [-0.15, -0.1) is 0 Å². The molecule has 0 bridgehead atoms. The molecule has 0 saturated carbocycles. The Hall–Kier alpha value is -1.95. The van der Waals surface area contributed by atoms with Crippen LogP contribution in [0.4, 0.5) is 4.39 Å². The molecule has 25 heavy (non-hydrogen) atoms. The maximum absolute atomic E-state index is 14.2. The standard InChI is InChI=1S/C19H26FN3O2/c1-13-5-2-7-15(17(13)20)19(25)23-10-4-6-14(12-23)11-22-18(24)16-8-3-9-21-16/h2,5,7,14,16,21H,3-4,6,8-12H2,1H3,(H,22,24)/t14-,16+/m0/s1. The minimum Gasteiger partial charge on any atom is -0.354 e. The van der Waals surface area contributed by atoms with Gasteiger partial charge in [0.15, 0.2) is 0 Å². The van der Waals surface area contributed by atoms with Crippen LogP contribution in [0.25, 0.3) is 0 Å². The van der Waals surface area contributed by atoms with E-state index in [4.69, 9.17) is 0 Å². The van der Waals surface area contributed by atoms with Gasteiger partial charge in [-0.25, -0.2) is 4.39 Å². The largest absolute Gasteiger partial charge is 0.354 e. The fourth-order valence-electron chi connectivity index (χ4n) is 3.68. The number of rotatable bonds is 4. The smallest absolute Gasteiger partial charge is 0.256 e. The summed E-state index contributed by atoms with van der Waals surface area (Å²) in [4.78, 5) is 26.5. The van der Waals surface area contributed by atoms with Crippen LogP contribution >= 0.6 is 0 Å². The normalized spacial score (nSPS) is 23.5. The minimum atomic E-state index is -0.435. The Kier molecular flexibility index (Phi) is 5.68. The molecule has 2 fully saturated rings. The van der Waals surface area contributed by atoms with Crippen LogP contribution in [0.2, 0.25) is 0 Å². The lowest BCUT2D eigenvalue weighted by Gasteiger charge is -2.33. The van der Waals surface area contributed by atoms with Crippen LogP contribution in [-0.2, 0) is 4.79 Å². The molecule has 1 aromatic carbocycles. The first-order chi connectivity index (χ1) is 12.1. The lowest BCUT2D eigenvalue weighted by atomic mass is 9.97. The average Bonchev–Trinajstić information content (AvgIpc) is 3.16. The van der Waals surface area contributed by atoms with E-state index in [1.54, 1.807) is 30.0 Å². The number of carbonyl (C=O) groups is 2. The summed E-state index contributed by atoms with van der Waals surface area (Å²) >= 11 is 0. The number of benzene rings is 1. The Morgan fingerprint density at radius 3 is 2.92 bits per heavy atom. The first kappa shape index (κ1) is 17.9. The van der Waals surface area contributed by atoms with Gasteiger partial charge < -0.3 is 15.5 Å². The lowest BCUT2D eigenvalue weighted by molar-refractivity contribution is -0.123. The van der Waals surface area contributed by atoms with Crippen LogP contribution < -0.4 is 10.6 Å². The highest BCUT2D eigenvalue weighted by atomic mass is 19.1. The topological polar surface area (TPSA) is 61.4 Å². The second-order valence-electron chi connectivity index (χ2n) is 7.09. The first-order valence-corrected chi connectivity index (χ1v) is 9.11. The number of carbonyl (C=O) groups excluding carboxylic acids is 2. The molecule has 0 spiro atoms. The molecule has 5 nitrogen and oxygen atoms in total. The van der Waals surface area contributed by atoms with E-state index >= 15 is 0 Å². The second kappa shape index (κ2) is 7.95. The van der Waals surface area contributed by atoms with Crippen molar-refractivity contribution in [3.63, 3.8) is 0 Å². The molecular formula is C19H26FN3O2. The van der Waals surface area contributed by atoms with Crippen molar-refractivity contribution in [3.8, 4) is 0 Å². The van der Waals surface area contributed by atoms with Crippen molar-refractivity contribution in [2.75, 3.05) is 26.2 Å². The van der Waals surface area contributed by atoms with Crippen LogP contribution in [-0.4, -0.2) is 48.9 Å². The number of piperidine rings is 1. The van der Waals surface area contributed by atoms with Crippen molar-refractivity contribution in [1.82, 2.24) is 15.5 Å². The number of hydrogen-bond acceptors (Lipinski definition) is 3. The zero-order valence-electron chi connectivity index (χ0n) is 14.7. The maximum Gasteiger partial charge on any atom is 0.256 e. The first-order valence-electron chi connectivity index (χ1n) is 9.11. The van der Waals surface area contributed by atoms with E-state index in [1.165, 1.54) is 0 Å². The maximum atomic E-state index is 14.2. The molecule has 0 radical (unpaired) electrons. The van der Waals surface area contributed by atoms with E-state index in [2.05, 4.69) is 10.6 Å². The quantitative estimate of drug-likeness (QED) is 0.874. The number of amides is 2. The Bertz CT molecular complexity index is 644. The summed E-state index contributed by atoms with van der Waals surface area (Å²) in [5, 5.41) is 6.19. The van der Waals surface area contributed by atoms with Gasteiger partial charge in [-0.2, -0.15) is 0 Å². The van der Waals surface area contributed by atoms with Gasteiger partial charge in [0.1, 0.15) is 5.82 Å². The van der Waals surface area contributed by atoms with Crippen LogP contribution in [0.5, 0.6) is 0 Å². The van der Waals surface area contributed by atoms with E-state index < -0.39 is 5.82 Å². The van der Waals surface area contributed by atoms with E-state index in [0.717, 1.165) is 32.2 Å². The van der Waals surface area contributed by atoms with Gasteiger partial charge in [0.05, 0.1) is 11.6 Å². The summed E-state index contributed by atoms with van der Waals surface area (Å²) < 4.78 is 14.2. The van der Waals surface area contributed by atoms with Gasteiger partial charge in [-0.05, 0) is 56.7 Å². The Labute approximate surface area is 148 Å². The third-order valence-corrected chi connectivity index (χ3v) is 5.17. The van der Waals surface area contributed by atoms with E-state index in [1.807, 2.05) is 0 Å². The van der Waals surface area contributed by atoms with Gasteiger partial charge in [-0.1, -0.05) is 12.1 Å². The molecule has 2 aliphatic heterocycles. The molecule has 2 saturated heterocycles. The van der Waals surface area contributed by atoms with E-state index in [9.17, 15) is 14.0 Å². The monoisotopic (exact) mass is 347 g/mol. The molecule has 2 heterocycles. The SMILES string of the molecule is Cc1cccc(C(=O)N2CCC[C@@H](CNC(=O)[C@H]3CCCN3)C2)c1F.